The number of nitro benzene ring substituents is 2. The Morgan fingerprint density at radius 2 is 1.79 bits per heavy atom. The Hall–Kier alpha value is -3.96. The van der Waals surface area contributed by atoms with E-state index in [1.165, 1.54) is 17.2 Å². The Kier molecular flexibility index (Phi) is 5.43. The molecule has 0 bridgehead atoms. The van der Waals surface area contributed by atoms with Crippen molar-refractivity contribution in [2.75, 3.05) is 38.2 Å². The minimum atomic E-state index is -0.930. The number of carbonyl (C=O) groups excluding carboxylic acids is 2. The first-order chi connectivity index (χ1) is 13.8. The fraction of sp³-hybridized carbons (Fsp3) is 0.294. The lowest BCUT2D eigenvalue weighted by atomic mass is 10.1. The molecule has 1 aromatic heterocycles. The van der Waals surface area contributed by atoms with Crippen LogP contribution in [0.3, 0.4) is 0 Å². The van der Waals surface area contributed by atoms with Gasteiger partial charge in [-0.3, -0.25) is 25.0 Å². The number of nitro groups is 2. The predicted octanol–water partition coefficient (Wildman–Crippen LogP) is 1.84. The summed E-state index contributed by atoms with van der Waals surface area (Å²) in [7, 11) is 1.08. The Bertz CT molecular complexity index is 964. The van der Waals surface area contributed by atoms with E-state index < -0.39 is 27.2 Å². The molecule has 1 aliphatic heterocycles. The molecule has 152 valence electrons. The van der Waals surface area contributed by atoms with Crippen molar-refractivity contribution in [2.24, 2.45) is 0 Å². The molecule has 3 rings (SSSR count). The highest BCUT2D eigenvalue weighted by atomic mass is 16.6. The summed E-state index contributed by atoms with van der Waals surface area (Å²) in [6, 6.07) is 4.88. The Labute approximate surface area is 163 Å². The van der Waals surface area contributed by atoms with Gasteiger partial charge in [0.15, 0.2) is 5.76 Å². The van der Waals surface area contributed by atoms with Crippen molar-refractivity contribution in [2.45, 2.75) is 0 Å². The monoisotopic (exact) mass is 404 g/mol. The van der Waals surface area contributed by atoms with Crippen LogP contribution in [0.5, 0.6) is 0 Å². The lowest BCUT2D eigenvalue weighted by molar-refractivity contribution is -0.393. The molecule has 2 heterocycles. The molecule has 0 radical (unpaired) electrons. The molecule has 0 saturated carbocycles. The zero-order chi connectivity index (χ0) is 21.1. The molecular formula is C17H16N4O8. The average molecular weight is 404 g/mol. The van der Waals surface area contributed by atoms with Gasteiger partial charge in [-0.2, -0.15) is 0 Å². The van der Waals surface area contributed by atoms with Gasteiger partial charge in [-0.25, -0.2) is 4.79 Å². The summed E-state index contributed by atoms with van der Waals surface area (Å²) >= 11 is 0. The number of methoxy groups -OCH3 is 1. The van der Waals surface area contributed by atoms with E-state index in [1.54, 1.807) is 11.0 Å². The van der Waals surface area contributed by atoms with E-state index >= 15 is 0 Å². The van der Waals surface area contributed by atoms with Gasteiger partial charge in [0.25, 0.3) is 17.3 Å². The number of hydrogen-bond acceptors (Lipinski definition) is 9. The molecule has 1 amide bonds. The summed E-state index contributed by atoms with van der Waals surface area (Å²) < 4.78 is 9.75. The van der Waals surface area contributed by atoms with Crippen LogP contribution in [0, 0.1) is 20.2 Å². The number of esters is 1. The number of benzene rings is 1. The van der Waals surface area contributed by atoms with Gasteiger partial charge in [0.2, 0.25) is 0 Å². The van der Waals surface area contributed by atoms with Gasteiger partial charge in [-0.1, -0.05) is 0 Å². The van der Waals surface area contributed by atoms with E-state index in [0.29, 0.717) is 0 Å². The Morgan fingerprint density at radius 3 is 2.31 bits per heavy atom. The highest BCUT2D eigenvalue weighted by molar-refractivity contribution is 5.99. The van der Waals surface area contributed by atoms with Crippen molar-refractivity contribution in [3.8, 4) is 0 Å². The number of non-ortho nitro benzene ring substituents is 1. The molecule has 0 spiro atoms. The number of amides is 1. The molecule has 0 atom stereocenters. The van der Waals surface area contributed by atoms with Gasteiger partial charge in [0.1, 0.15) is 5.69 Å². The number of piperazine rings is 1. The summed E-state index contributed by atoms with van der Waals surface area (Å²) in [4.78, 5) is 48.7. The van der Waals surface area contributed by atoms with Crippen molar-refractivity contribution in [1.82, 2.24) is 4.90 Å². The van der Waals surface area contributed by atoms with Crippen LogP contribution >= 0.6 is 0 Å². The average Bonchev–Trinajstić information content (AvgIpc) is 3.26. The lowest BCUT2D eigenvalue weighted by Gasteiger charge is -2.35. The number of nitrogens with zero attached hydrogens (tertiary/aromatic N) is 4. The van der Waals surface area contributed by atoms with Crippen LogP contribution in [-0.4, -0.2) is 59.9 Å². The molecule has 0 N–H and O–H groups in total. The molecule has 12 heteroatoms. The molecule has 0 unspecified atom stereocenters. The Balaban J connectivity index is 1.93. The molecule has 2 aromatic rings. The lowest BCUT2D eigenvalue weighted by Crippen LogP contribution is -2.49. The fourth-order valence-electron chi connectivity index (χ4n) is 3.14. The highest BCUT2D eigenvalue weighted by Gasteiger charge is 2.34. The summed E-state index contributed by atoms with van der Waals surface area (Å²) in [6.07, 6.45) is 1.38. The van der Waals surface area contributed by atoms with Crippen LogP contribution in [0.25, 0.3) is 0 Å². The highest BCUT2D eigenvalue weighted by Crippen LogP contribution is 2.37. The number of anilines is 1. The number of furan rings is 1. The van der Waals surface area contributed by atoms with Gasteiger partial charge in [0.05, 0.1) is 34.8 Å². The number of ether oxygens (including phenoxy) is 1. The van der Waals surface area contributed by atoms with Gasteiger partial charge in [-0.05, 0) is 12.1 Å². The molecule has 12 nitrogen and oxygen atoms in total. The van der Waals surface area contributed by atoms with Gasteiger partial charge in [-0.15, -0.1) is 0 Å². The second-order valence-corrected chi connectivity index (χ2v) is 6.12. The maximum Gasteiger partial charge on any atom is 0.340 e. The summed E-state index contributed by atoms with van der Waals surface area (Å²) in [5.74, 6) is -1.07. The Morgan fingerprint density at radius 1 is 1.10 bits per heavy atom. The predicted molar refractivity (Wildman–Crippen MR) is 97.9 cm³/mol. The molecule has 1 fully saturated rings. The first kappa shape index (κ1) is 19.8. The quantitative estimate of drug-likeness (QED) is 0.413. The van der Waals surface area contributed by atoms with E-state index in [2.05, 4.69) is 4.74 Å². The molecule has 0 aliphatic carbocycles. The van der Waals surface area contributed by atoms with Crippen LogP contribution in [0.15, 0.2) is 34.9 Å². The zero-order valence-electron chi connectivity index (χ0n) is 15.3. The van der Waals surface area contributed by atoms with Crippen molar-refractivity contribution in [3.05, 3.63) is 62.1 Å². The normalized spacial score (nSPS) is 13.8. The SMILES string of the molecule is COC(=O)c1cc([N+](=O)[O-])cc([N+](=O)[O-])c1N1CCN(C(=O)c2ccco2)CC1. The van der Waals surface area contributed by atoms with Crippen LogP contribution in [0.2, 0.25) is 0 Å². The van der Waals surface area contributed by atoms with E-state index in [0.717, 1.165) is 19.2 Å². The second-order valence-electron chi connectivity index (χ2n) is 6.12. The largest absolute Gasteiger partial charge is 0.465 e. The number of carbonyl (C=O) groups is 2. The van der Waals surface area contributed by atoms with Crippen molar-refractivity contribution >= 4 is 28.9 Å². The molecule has 29 heavy (non-hydrogen) atoms. The standard InChI is InChI=1S/C17H16N4O8/c1-28-17(23)12-9-11(20(24)25)10-13(21(26)27)15(12)18-4-6-19(7-5-18)16(22)14-3-2-8-29-14/h2-3,8-10H,4-7H2,1H3. The van der Waals surface area contributed by atoms with Crippen LogP contribution in [0.4, 0.5) is 17.1 Å². The smallest absolute Gasteiger partial charge is 0.340 e. The van der Waals surface area contributed by atoms with Gasteiger partial charge in [0, 0.05) is 32.2 Å². The first-order valence-electron chi connectivity index (χ1n) is 8.46. The van der Waals surface area contributed by atoms with E-state index in [-0.39, 0.29) is 49.1 Å². The topological polar surface area (TPSA) is 149 Å². The van der Waals surface area contributed by atoms with E-state index in [4.69, 9.17) is 4.42 Å². The summed E-state index contributed by atoms with van der Waals surface area (Å²) in [6.45, 7) is 0.784. The summed E-state index contributed by atoms with van der Waals surface area (Å²) in [5, 5.41) is 22.7. The third kappa shape index (κ3) is 3.85. The van der Waals surface area contributed by atoms with Crippen LogP contribution in [-0.2, 0) is 4.74 Å². The van der Waals surface area contributed by atoms with Crippen molar-refractivity contribution < 1.29 is 28.6 Å². The summed E-state index contributed by atoms with van der Waals surface area (Å²) in [5.41, 5.74) is -1.52. The maximum atomic E-state index is 12.4. The van der Waals surface area contributed by atoms with Gasteiger partial charge >= 0.3 is 5.97 Å². The minimum absolute atomic E-state index is 0.0717. The minimum Gasteiger partial charge on any atom is -0.465 e. The molecule has 1 aromatic carbocycles. The van der Waals surface area contributed by atoms with Crippen molar-refractivity contribution in [3.63, 3.8) is 0 Å². The maximum absolute atomic E-state index is 12.4. The second kappa shape index (κ2) is 7.96. The van der Waals surface area contributed by atoms with E-state index in [9.17, 15) is 29.8 Å². The third-order valence-corrected chi connectivity index (χ3v) is 4.50. The number of rotatable bonds is 5. The van der Waals surface area contributed by atoms with Crippen LogP contribution in [0.1, 0.15) is 20.9 Å². The third-order valence-electron chi connectivity index (χ3n) is 4.50. The first-order valence-corrected chi connectivity index (χ1v) is 8.46. The molecule has 1 saturated heterocycles. The number of hydrogen-bond donors (Lipinski definition) is 0. The van der Waals surface area contributed by atoms with Gasteiger partial charge < -0.3 is 19.0 Å². The van der Waals surface area contributed by atoms with E-state index in [1.807, 2.05) is 0 Å². The molecule has 1 aliphatic rings. The van der Waals surface area contributed by atoms with Crippen LogP contribution < -0.4 is 4.90 Å². The fourth-order valence-corrected chi connectivity index (χ4v) is 3.14. The van der Waals surface area contributed by atoms with Crippen molar-refractivity contribution in [1.29, 1.82) is 0 Å². The molecular weight excluding hydrogens is 388 g/mol. The zero-order valence-corrected chi connectivity index (χ0v) is 15.3.